The zero-order valence-corrected chi connectivity index (χ0v) is 20.5. The van der Waals surface area contributed by atoms with Gasteiger partial charge < -0.3 is 10.1 Å². The first-order chi connectivity index (χ1) is 16.2. The minimum Gasteiger partial charge on any atom is -0.492 e. The maximum Gasteiger partial charge on any atom is 0.273 e. The van der Waals surface area contributed by atoms with Crippen LogP contribution in [-0.2, 0) is 5.54 Å². The van der Waals surface area contributed by atoms with Crippen molar-refractivity contribution < 1.29 is 14.3 Å². The molecule has 0 saturated carbocycles. The van der Waals surface area contributed by atoms with Gasteiger partial charge in [0.1, 0.15) is 17.1 Å². The lowest BCUT2D eigenvalue weighted by atomic mass is 10.1. The number of rotatable bonds is 7. The highest BCUT2D eigenvalue weighted by Crippen LogP contribution is 2.32. The van der Waals surface area contributed by atoms with E-state index in [2.05, 4.69) is 20.7 Å². The van der Waals surface area contributed by atoms with Gasteiger partial charge in [0, 0.05) is 10.6 Å². The van der Waals surface area contributed by atoms with E-state index < -0.39 is 5.54 Å². The van der Waals surface area contributed by atoms with Gasteiger partial charge in [-0.3, -0.25) is 14.9 Å². The van der Waals surface area contributed by atoms with E-state index >= 15 is 0 Å². The molecule has 0 spiro atoms. The molecule has 2 N–H and O–H groups in total. The second-order valence-corrected chi connectivity index (χ2v) is 9.92. The van der Waals surface area contributed by atoms with Crippen molar-refractivity contribution >= 4 is 50.2 Å². The predicted octanol–water partition coefficient (Wildman–Crippen LogP) is 4.96. The zero-order chi connectivity index (χ0) is 24.3. The molecule has 2 aromatic carbocycles. The number of hydrogen-bond donors (Lipinski definition) is 2. The van der Waals surface area contributed by atoms with Crippen LogP contribution in [0.3, 0.4) is 0 Å². The summed E-state index contributed by atoms with van der Waals surface area (Å²) in [6, 6.07) is 16.0. The molecule has 0 bridgehead atoms. The summed E-state index contributed by atoms with van der Waals surface area (Å²) in [5.41, 5.74) is 0.783. The summed E-state index contributed by atoms with van der Waals surface area (Å²) in [5, 5.41) is 11.0. The number of thiazole rings is 1. The normalized spacial score (nSPS) is 11.4. The number of hydrogen-bond acceptors (Lipinski definition) is 6. The van der Waals surface area contributed by atoms with Crippen LogP contribution in [0.1, 0.15) is 41.6 Å². The third-order valence-corrected chi connectivity index (χ3v) is 5.98. The van der Waals surface area contributed by atoms with Gasteiger partial charge in [0.2, 0.25) is 0 Å². The average molecular weight is 498 g/mol. The molecule has 0 atom stereocenters. The topological polar surface area (TPSA) is 98.1 Å². The lowest BCUT2D eigenvalue weighted by Gasteiger charge is -2.19. The summed E-state index contributed by atoms with van der Waals surface area (Å²) in [7, 11) is 0. The molecule has 176 valence electrons. The van der Waals surface area contributed by atoms with Crippen LogP contribution in [0.15, 0.2) is 54.6 Å². The molecule has 4 rings (SSSR count). The quantitative estimate of drug-likeness (QED) is 0.351. The largest absolute Gasteiger partial charge is 0.492 e. The highest BCUT2D eigenvalue weighted by atomic mass is 35.5. The molecule has 0 radical (unpaired) electrons. The number of nitrogens with zero attached hydrogens (tertiary/aromatic N) is 3. The molecule has 10 heteroatoms. The second-order valence-electron chi connectivity index (χ2n) is 8.48. The van der Waals surface area contributed by atoms with Gasteiger partial charge in [0.15, 0.2) is 16.5 Å². The number of carbonyl (C=O) groups excluding carboxylic acids is 2. The maximum atomic E-state index is 12.9. The Labute approximate surface area is 205 Å². The molecule has 2 amide bonds. The molecule has 0 saturated heterocycles. The van der Waals surface area contributed by atoms with Gasteiger partial charge in [-0.25, -0.2) is 4.68 Å². The third-order valence-electron chi connectivity index (χ3n) is 4.78. The van der Waals surface area contributed by atoms with Gasteiger partial charge >= 0.3 is 0 Å². The molecule has 0 fully saturated rings. The van der Waals surface area contributed by atoms with Crippen LogP contribution in [0.2, 0.25) is 5.02 Å². The Hall–Kier alpha value is -3.43. The van der Waals surface area contributed by atoms with Crippen molar-refractivity contribution in [2.75, 3.05) is 18.5 Å². The second kappa shape index (κ2) is 9.82. The highest BCUT2D eigenvalue weighted by molar-refractivity contribution is 7.22. The molecule has 34 heavy (non-hydrogen) atoms. The van der Waals surface area contributed by atoms with E-state index in [1.165, 1.54) is 11.3 Å². The number of ether oxygens (including phenoxy) is 1. The first kappa shape index (κ1) is 23.7. The Morgan fingerprint density at radius 1 is 1.09 bits per heavy atom. The van der Waals surface area contributed by atoms with Crippen LogP contribution in [0.5, 0.6) is 5.75 Å². The van der Waals surface area contributed by atoms with Gasteiger partial charge in [-0.2, -0.15) is 10.1 Å². The lowest BCUT2D eigenvalue weighted by Crippen LogP contribution is -2.29. The van der Waals surface area contributed by atoms with Crippen molar-refractivity contribution in [1.29, 1.82) is 0 Å². The molecule has 0 aliphatic heterocycles. The van der Waals surface area contributed by atoms with Crippen molar-refractivity contribution in [3.8, 4) is 5.75 Å². The van der Waals surface area contributed by atoms with Crippen molar-refractivity contribution in [3.05, 3.63) is 70.9 Å². The van der Waals surface area contributed by atoms with Crippen molar-refractivity contribution in [2.24, 2.45) is 0 Å². The van der Waals surface area contributed by atoms with E-state index in [0.29, 0.717) is 39.2 Å². The minimum atomic E-state index is -0.421. The molecule has 0 aliphatic carbocycles. The molecular weight excluding hydrogens is 474 g/mol. The van der Waals surface area contributed by atoms with Crippen LogP contribution in [0.25, 0.3) is 10.3 Å². The Kier molecular flexibility index (Phi) is 6.85. The minimum absolute atomic E-state index is 0.255. The van der Waals surface area contributed by atoms with E-state index in [1.54, 1.807) is 28.9 Å². The Bertz CT molecular complexity index is 1330. The van der Waals surface area contributed by atoms with Gasteiger partial charge in [0.25, 0.3) is 11.8 Å². The smallest absolute Gasteiger partial charge is 0.273 e. The SMILES string of the molecule is CC(C)(C)n1nc(C(=O)NCCOc2ccccc2)c2sc(NC(=O)c3cccc(Cl)c3)nc21. The molecule has 0 aliphatic rings. The first-order valence-electron chi connectivity index (χ1n) is 10.7. The summed E-state index contributed by atoms with van der Waals surface area (Å²) >= 11 is 7.20. The number of benzene rings is 2. The monoisotopic (exact) mass is 497 g/mol. The summed E-state index contributed by atoms with van der Waals surface area (Å²) in [6.45, 7) is 6.55. The molecule has 2 aromatic heterocycles. The number of amides is 2. The number of nitrogens with one attached hydrogen (secondary N) is 2. The van der Waals surface area contributed by atoms with E-state index in [1.807, 2.05) is 51.1 Å². The fourth-order valence-electron chi connectivity index (χ4n) is 3.21. The fourth-order valence-corrected chi connectivity index (χ4v) is 4.32. The van der Waals surface area contributed by atoms with E-state index in [4.69, 9.17) is 16.3 Å². The van der Waals surface area contributed by atoms with Crippen LogP contribution in [-0.4, -0.2) is 39.7 Å². The van der Waals surface area contributed by atoms with E-state index in [9.17, 15) is 9.59 Å². The molecular formula is C24H24ClN5O3S. The van der Waals surface area contributed by atoms with E-state index in [0.717, 1.165) is 5.75 Å². The number of aromatic nitrogens is 3. The summed E-state index contributed by atoms with van der Waals surface area (Å²) in [4.78, 5) is 30.1. The van der Waals surface area contributed by atoms with Gasteiger partial charge in [0.05, 0.1) is 12.1 Å². The Morgan fingerprint density at radius 3 is 2.56 bits per heavy atom. The summed E-state index contributed by atoms with van der Waals surface area (Å²) in [5.74, 6) is 0.0676. The molecule has 8 nitrogen and oxygen atoms in total. The summed E-state index contributed by atoms with van der Waals surface area (Å²) < 4.78 is 7.92. The van der Waals surface area contributed by atoms with Gasteiger partial charge in [-0.1, -0.05) is 47.2 Å². The lowest BCUT2D eigenvalue weighted by molar-refractivity contribution is 0.0941. The summed E-state index contributed by atoms with van der Waals surface area (Å²) in [6.07, 6.45) is 0. The number of halogens is 1. The zero-order valence-electron chi connectivity index (χ0n) is 19.0. The highest BCUT2D eigenvalue weighted by Gasteiger charge is 2.27. The van der Waals surface area contributed by atoms with Gasteiger partial charge in [-0.05, 0) is 51.1 Å². The van der Waals surface area contributed by atoms with Crippen molar-refractivity contribution in [1.82, 2.24) is 20.1 Å². The number of para-hydroxylation sites is 1. The average Bonchev–Trinajstić information content (AvgIpc) is 3.35. The third kappa shape index (κ3) is 5.37. The Balaban J connectivity index is 1.52. The molecule has 4 aromatic rings. The maximum absolute atomic E-state index is 12.9. The fraction of sp³-hybridized carbons (Fsp3) is 0.250. The predicted molar refractivity (Wildman–Crippen MR) is 134 cm³/mol. The molecule has 2 heterocycles. The number of anilines is 1. The number of fused-ring (bicyclic) bond motifs is 1. The first-order valence-corrected chi connectivity index (χ1v) is 11.8. The van der Waals surface area contributed by atoms with Crippen LogP contribution >= 0.6 is 22.9 Å². The molecule has 0 unspecified atom stereocenters. The van der Waals surface area contributed by atoms with Crippen LogP contribution < -0.4 is 15.4 Å². The van der Waals surface area contributed by atoms with Crippen LogP contribution in [0.4, 0.5) is 5.13 Å². The van der Waals surface area contributed by atoms with E-state index in [-0.39, 0.29) is 17.5 Å². The van der Waals surface area contributed by atoms with Crippen molar-refractivity contribution in [2.45, 2.75) is 26.3 Å². The Morgan fingerprint density at radius 2 is 1.85 bits per heavy atom. The van der Waals surface area contributed by atoms with Gasteiger partial charge in [-0.15, -0.1) is 0 Å². The van der Waals surface area contributed by atoms with Crippen molar-refractivity contribution in [3.63, 3.8) is 0 Å². The standard InChI is InChI=1S/C24H24ClN5O3S/c1-24(2,3)30-20-19(34-23(27-20)28-21(31)15-8-7-9-16(25)14-15)18(29-30)22(32)26-12-13-33-17-10-5-4-6-11-17/h4-11,14H,12-13H2,1-3H3,(H,26,32)(H,27,28,31). The number of carbonyl (C=O) groups is 2. The van der Waals surface area contributed by atoms with Crippen LogP contribution in [0, 0.1) is 0 Å².